The lowest BCUT2D eigenvalue weighted by atomic mass is 9.68. The van der Waals surface area contributed by atoms with Gasteiger partial charge in [-0.2, -0.15) is 0 Å². The first-order valence-electron chi connectivity index (χ1n) is 10.4. The highest BCUT2D eigenvalue weighted by molar-refractivity contribution is 5.98. The molecule has 7 rings (SSSR count). The van der Waals surface area contributed by atoms with Crippen LogP contribution in [0.4, 0.5) is 0 Å². The molecule has 1 aromatic heterocycles. The lowest BCUT2D eigenvalue weighted by Gasteiger charge is -2.33. The molecule has 0 atom stereocenters. The zero-order chi connectivity index (χ0) is 19.7. The van der Waals surface area contributed by atoms with E-state index in [4.69, 9.17) is 4.42 Å². The molecule has 1 heterocycles. The molecular formula is C29H18O. The Morgan fingerprint density at radius 3 is 1.83 bits per heavy atom. The quantitative estimate of drug-likeness (QED) is 0.271. The molecule has 5 aromatic rings. The van der Waals surface area contributed by atoms with E-state index < -0.39 is 0 Å². The van der Waals surface area contributed by atoms with E-state index in [1.165, 1.54) is 49.9 Å². The fourth-order valence-electron chi connectivity index (χ4n) is 5.61. The van der Waals surface area contributed by atoms with Crippen LogP contribution in [0.15, 0.2) is 108 Å². The first-order valence-corrected chi connectivity index (χ1v) is 10.4. The number of benzene rings is 4. The average Bonchev–Trinajstić information content (AvgIpc) is 3.42. The molecule has 1 nitrogen and oxygen atoms in total. The first kappa shape index (κ1) is 16.0. The number of rotatable bonds is 0. The summed E-state index contributed by atoms with van der Waals surface area (Å²) in [6.07, 6.45) is 6.49. The third-order valence-corrected chi connectivity index (χ3v) is 6.79. The summed E-state index contributed by atoms with van der Waals surface area (Å²) < 4.78 is 5.82. The summed E-state index contributed by atoms with van der Waals surface area (Å²) in [6, 6.07) is 32.9. The van der Waals surface area contributed by atoms with Crippen LogP contribution in [0.1, 0.15) is 22.3 Å². The lowest BCUT2D eigenvalue weighted by Crippen LogP contribution is -2.26. The van der Waals surface area contributed by atoms with E-state index in [9.17, 15) is 0 Å². The highest BCUT2D eigenvalue weighted by atomic mass is 16.3. The van der Waals surface area contributed by atoms with Crippen molar-refractivity contribution in [2.24, 2.45) is 0 Å². The van der Waals surface area contributed by atoms with Crippen LogP contribution in [0, 0.1) is 0 Å². The molecular weight excluding hydrogens is 364 g/mol. The molecule has 0 fully saturated rings. The van der Waals surface area contributed by atoms with E-state index in [2.05, 4.69) is 103 Å². The van der Waals surface area contributed by atoms with Crippen molar-refractivity contribution in [2.75, 3.05) is 0 Å². The predicted molar refractivity (Wildman–Crippen MR) is 122 cm³/mol. The lowest BCUT2D eigenvalue weighted by molar-refractivity contribution is 0.615. The van der Waals surface area contributed by atoms with E-state index in [0.29, 0.717) is 0 Å². The molecule has 0 saturated carbocycles. The second-order valence-electron chi connectivity index (χ2n) is 8.14. The Kier molecular flexibility index (Phi) is 2.99. The number of hydrogen-bond acceptors (Lipinski definition) is 1. The maximum absolute atomic E-state index is 5.82. The van der Waals surface area contributed by atoms with Crippen molar-refractivity contribution in [3.05, 3.63) is 126 Å². The number of hydrogen-bond donors (Lipinski definition) is 0. The standard InChI is InChI=1S/C29H18O/c1-2-8-21-20(7-1)22-9-3-5-11-25(22)29(26-12-6-4-10-23(21)26)17-15-19-13-14-27-24(28(19)29)16-18-30-27/h1-18H. The molecule has 0 radical (unpaired) electrons. The van der Waals surface area contributed by atoms with Gasteiger partial charge in [-0.1, -0.05) is 91.0 Å². The minimum absolute atomic E-state index is 0.356. The molecule has 30 heavy (non-hydrogen) atoms. The van der Waals surface area contributed by atoms with Gasteiger partial charge in [-0.3, -0.25) is 0 Å². The molecule has 0 N–H and O–H groups in total. The van der Waals surface area contributed by atoms with Gasteiger partial charge in [-0.25, -0.2) is 0 Å². The Bertz CT molecular complexity index is 1430. The molecule has 2 aliphatic carbocycles. The van der Waals surface area contributed by atoms with Crippen LogP contribution in [0.5, 0.6) is 0 Å². The molecule has 1 heteroatoms. The Morgan fingerprint density at radius 2 is 1.17 bits per heavy atom. The van der Waals surface area contributed by atoms with Crippen molar-refractivity contribution < 1.29 is 4.42 Å². The molecule has 140 valence electrons. The van der Waals surface area contributed by atoms with Crippen LogP contribution in [0.2, 0.25) is 0 Å². The SMILES string of the molecule is C1=CC2(c3ccccc3-c3ccccc3-c3ccccc32)c2c1ccc1occc21. The maximum atomic E-state index is 5.82. The fourth-order valence-corrected chi connectivity index (χ4v) is 5.61. The molecule has 0 saturated heterocycles. The smallest absolute Gasteiger partial charge is 0.134 e. The van der Waals surface area contributed by atoms with Gasteiger partial charge in [-0.15, -0.1) is 0 Å². The summed E-state index contributed by atoms with van der Waals surface area (Å²) >= 11 is 0. The van der Waals surface area contributed by atoms with Gasteiger partial charge in [0.05, 0.1) is 11.7 Å². The summed E-state index contributed by atoms with van der Waals surface area (Å²) in [5, 5.41) is 1.19. The van der Waals surface area contributed by atoms with Gasteiger partial charge < -0.3 is 4.42 Å². The van der Waals surface area contributed by atoms with E-state index >= 15 is 0 Å². The van der Waals surface area contributed by atoms with Crippen LogP contribution >= 0.6 is 0 Å². The summed E-state index contributed by atoms with van der Waals surface area (Å²) in [7, 11) is 0. The molecule has 2 aliphatic rings. The monoisotopic (exact) mass is 382 g/mol. The number of furan rings is 1. The molecule has 0 amide bonds. The van der Waals surface area contributed by atoms with E-state index in [1.807, 2.05) is 0 Å². The van der Waals surface area contributed by atoms with Gasteiger partial charge >= 0.3 is 0 Å². The van der Waals surface area contributed by atoms with Gasteiger partial charge in [-0.05, 0) is 56.6 Å². The van der Waals surface area contributed by atoms with Crippen LogP contribution in [0.3, 0.4) is 0 Å². The minimum Gasteiger partial charge on any atom is -0.464 e. The normalized spacial score (nSPS) is 14.8. The molecule has 0 bridgehead atoms. The summed E-state index contributed by atoms with van der Waals surface area (Å²) in [5.74, 6) is 0. The molecule has 4 aromatic carbocycles. The van der Waals surface area contributed by atoms with Crippen molar-refractivity contribution in [1.82, 2.24) is 0 Å². The van der Waals surface area contributed by atoms with Crippen molar-refractivity contribution in [1.29, 1.82) is 0 Å². The van der Waals surface area contributed by atoms with Gasteiger partial charge in [0.15, 0.2) is 0 Å². The predicted octanol–water partition coefficient (Wildman–Crippen LogP) is 7.44. The third-order valence-electron chi connectivity index (χ3n) is 6.79. The van der Waals surface area contributed by atoms with Crippen LogP contribution in [-0.4, -0.2) is 0 Å². The van der Waals surface area contributed by atoms with Crippen LogP contribution in [0.25, 0.3) is 39.3 Å². The summed E-state index contributed by atoms with van der Waals surface area (Å²) in [4.78, 5) is 0. The van der Waals surface area contributed by atoms with Gasteiger partial charge in [0.25, 0.3) is 0 Å². The first-order chi connectivity index (χ1) is 14.9. The van der Waals surface area contributed by atoms with E-state index in [1.54, 1.807) is 6.26 Å². The van der Waals surface area contributed by atoms with Gasteiger partial charge in [0.1, 0.15) is 5.58 Å². The van der Waals surface area contributed by atoms with E-state index in [0.717, 1.165) is 5.58 Å². The minimum atomic E-state index is -0.356. The Hall–Kier alpha value is -3.84. The summed E-state index contributed by atoms with van der Waals surface area (Å²) in [6.45, 7) is 0. The van der Waals surface area contributed by atoms with Crippen molar-refractivity contribution in [2.45, 2.75) is 5.41 Å². The van der Waals surface area contributed by atoms with Crippen LogP contribution < -0.4 is 0 Å². The highest BCUT2D eigenvalue weighted by Gasteiger charge is 2.44. The van der Waals surface area contributed by atoms with Gasteiger partial charge in [0, 0.05) is 5.39 Å². The Morgan fingerprint density at radius 1 is 0.567 bits per heavy atom. The number of fused-ring (bicyclic) bond motifs is 11. The molecule has 0 unspecified atom stereocenters. The average molecular weight is 382 g/mol. The zero-order valence-electron chi connectivity index (χ0n) is 16.3. The van der Waals surface area contributed by atoms with Crippen molar-refractivity contribution in [3.8, 4) is 22.3 Å². The zero-order valence-corrected chi connectivity index (χ0v) is 16.3. The Balaban J connectivity index is 1.74. The maximum Gasteiger partial charge on any atom is 0.134 e. The second kappa shape index (κ2) is 5.61. The third kappa shape index (κ3) is 1.83. The largest absolute Gasteiger partial charge is 0.464 e. The van der Waals surface area contributed by atoms with Crippen molar-refractivity contribution in [3.63, 3.8) is 0 Å². The summed E-state index contributed by atoms with van der Waals surface area (Å²) in [5.41, 5.74) is 11.0. The second-order valence-corrected chi connectivity index (χ2v) is 8.14. The Labute approximate surface area is 174 Å². The molecule has 1 spiro atoms. The van der Waals surface area contributed by atoms with Gasteiger partial charge in [0.2, 0.25) is 0 Å². The van der Waals surface area contributed by atoms with Crippen LogP contribution in [-0.2, 0) is 5.41 Å². The topological polar surface area (TPSA) is 13.1 Å². The number of allylic oxidation sites excluding steroid dienone is 1. The highest BCUT2D eigenvalue weighted by Crippen LogP contribution is 2.56. The van der Waals surface area contributed by atoms with Crippen molar-refractivity contribution >= 4 is 17.0 Å². The molecule has 0 aliphatic heterocycles. The van der Waals surface area contributed by atoms with E-state index in [-0.39, 0.29) is 5.41 Å². The fraction of sp³-hybridized carbons (Fsp3) is 0.0345.